The van der Waals surface area contributed by atoms with Gasteiger partial charge in [-0.1, -0.05) is 12.1 Å². The van der Waals surface area contributed by atoms with E-state index in [1.54, 1.807) is 44.5 Å². The number of methoxy groups -OCH3 is 1. The minimum Gasteiger partial charge on any atom is -0.494 e. The average molecular weight is 431 g/mol. The maximum atomic E-state index is 12.4. The highest BCUT2D eigenvalue weighted by atomic mass is 16.5. The number of amides is 1. The van der Waals surface area contributed by atoms with Gasteiger partial charge in [0.1, 0.15) is 23.5 Å². The number of benzene rings is 1. The summed E-state index contributed by atoms with van der Waals surface area (Å²) in [6.07, 6.45) is 4.71. The Morgan fingerprint density at radius 3 is 2.62 bits per heavy atom. The Balaban J connectivity index is 1.74. The zero-order chi connectivity index (χ0) is 22.5. The van der Waals surface area contributed by atoms with Crippen molar-refractivity contribution >= 4 is 29.2 Å². The average Bonchev–Trinajstić information content (AvgIpc) is 3.25. The van der Waals surface area contributed by atoms with Crippen molar-refractivity contribution in [2.75, 3.05) is 24.8 Å². The van der Waals surface area contributed by atoms with Crippen LogP contribution in [0, 0.1) is 0 Å². The summed E-state index contributed by atoms with van der Waals surface area (Å²) in [6.45, 7) is 0. The van der Waals surface area contributed by atoms with E-state index in [1.807, 2.05) is 30.3 Å². The van der Waals surface area contributed by atoms with Gasteiger partial charge in [-0.2, -0.15) is 10.1 Å². The molecule has 0 aliphatic carbocycles. The minimum atomic E-state index is -0.335. The SMILES string of the molecule is CNC(=O)c1cnc(Nc2ccccn2)nc1Nc1cccc(-c2ncn(C)n2)c1OC. The number of carbonyl (C=O) groups is 1. The number of pyridine rings is 1. The number of nitrogens with one attached hydrogen (secondary N) is 3. The Bertz CT molecular complexity index is 1240. The lowest BCUT2D eigenvalue weighted by Gasteiger charge is -2.16. The summed E-state index contributed by atoms with van der Waals surface area (Å²) in [5, 5.41) is 13.2. The van der Waals surface area contributed by atoms with E-state index in [0.717, 1.165) is 0 Å². The van der Waals surface area contributed by atoms with Gasteiger partial charge in [-0.25, -0.2) is 15.0 Å². The molecule has 1 amide bonds. The first-order chi connectivity index (χ1) is 15.6. The Morgan fingerprint density at radius 2 is 1.94 bits per heavy atom. The van der Waals surface area contributed by atoms with E-state index in [0.29, 0.717) is 34.5 Å². The van der Waals surface area contributed by atoms with E-state index in [9.17, 15) is 4.79 Å². The maximum Gasteiger partial charge on any atom is 0.256 e. The van der Waals surface area contributed by atoms with Crippen molar-refractivity contribution in [3.63, 3.8) is 0 Å². The lowest BCUT2D eigenvalue weighted by atomic mass is 10.1. The monoisotopic (exact) mass is 431 g/mol. The highest BCUT2D eigenvalue weighted by molar-refractivity contribution is 5.99. The fourth-order valence-electron chi connectivity index (χ4n) is 3.01. The number of anilines is 4. The zero-order valence-corrected chi connectivity index (χ0v) is 17.7. The molecular weight excluding hydrogens is 410 g/mol. The smallest absolute Gasteiger partial charge is 0.256 e. The summed E-state index contributed by atoms with van der Waals surface area (Å²) in [5.41, 5.74) is 1.55. The molecule has 0 unspecified atom stereocenters. The Labute approximate surface area is 183 Å². The van der Waals surface area contributed by atoms with Crippen LogP contribution in [-0.2, 0) is 7.05 Å². The van der Waals surface area contributed by atoms with E-state index in [4.69, 9.17) is 4.74 Å². The third-order valence-corrected chi connectivity index (χ3v) is 4.48. The van der Waals surface area contributed by atoms with E-state index in [-0.39, 0.29) is 17.4 Å². The molecule has 0 radical (unpaired) electrons. The van der Waals surface area contributed by atoms with Gasteiger partial charge >= 0.3 is 0 Å². The van der Waals surface area contributed by atoms with Crippen molar-refractivity contribution in [3.05, 3.63) is 60.7 Å². The predicted octanol–water partition coefficient (Wildman–Crippen LogP) is 2.52. The van der Waals surface area contributed by atoms with Gasteiger partial charge in [-0.05, 0) is 24.3 Å². The molecule has 11 heteroatoms. The molecule has 0 aliphatic rings. The lowest BCUT2D eigenvalue weighted by Crippen LogP contribution is -2.20. The van der Waals surface area contributed by atoms with Crippen LogP contribution in [0.4, 0.5) is 23.3 Å². The van der Waals surface area contributed by atoms with Gasteiger partial charge < -0.3 is 20.7 Å². The predicted molar refractivity (Wildman–Crippen MR) is 119 cm³/mol. The van der Waals surface area contributed by atoms with Crippen LogP contribution in [0.25, 0.3) is 11.4 Å². The highest BCUT2D eigenvalue weighted by Gasteiger charge is 2.19. The quantitative estimate of drug-likeness (QED) is 0.404. The van der Waals surface area contributed by atoms with Crippen molar-refractivity contribution in [1.82, 2.24) is 35.0 Å². The van der Waals surface area contributed by atoms with Crippen LogP contribution >= 0.6 is 0 Å². The summed E-state index contributed by atoms with van der Waals surface area (Å²) in [5.74, 6) is 1.84. The first kappa shape index (κ1) is 20.7. The molecule has 11 nitrogen and oxygen atoms in total. The molecule has 4 aromatic rings. The Morgan fingerprint density at radius 1 is 1.06 bits per heavy atom. The van der Waals surface area contributed by atoms with Crippen molar-refractivity contribution in [3.8, 4) is 17.1 Å². The van der Waals surface area contributed by atoms with E-state index in [2.05, 4.69) is 41.0 Å². The topological polar surface area (TPSA) is 132 Å². The standard InChI is InChI=1S/C21H21N9O2/c1-22-20(31)14-11-24-21(27-16-9-4-5-10-23-16)28-19(14)26-15-8-6-7-13(17(15)32-3)18-25-12-30(2)29-18/h4-12H,1-3H3,(H,22,31)(H2,23,24,26,27,28). The second-order valence-corrected chi connectivity index (χ2v) is 6.63. The number of nitrogens with zero attached hydrogens (tertiary/aromatic N) is 6. The molecule has 0 fully saturated rings. The summed E-state index contributed by atoms with van der Waals surface area (Å²) < 4.78 is 7.25. The van der Waals surface area contributed by atoms with Crippen LogP contribution in [-0.4, -0.2) is 49.8 Å². The number of rotatable bonds is 7. The lowest BCUT2D eigenvalue weighted by molar-refractivity contribution is 0.0963. The van der Waals surface area contributed by atoms with Crippen LogP contribution in [0.15, 0.2) is 55.1 Å². The molecule has 3 aromatic heterocycles. The number of aromatic nitrogens is 6. The first-order valence-electron chi connectivity index (χ1n) is 9.66. The molecule has 32 heavy (non-hydrogen) atoms. The summed E-state index contributed by atoms with van der Waals surface area (Å²) in [4.78, 5) is 29.7. The van der Waals surface area contributed by atoms with Gasteiger partial charge in [0, 0.05) is 26.5 Å². The molecule has 0 saturated heterocycles. The molecular formula is C21H21N9O2. The van der Waals surface area contributed by atoms with Crippen LogP contribution in [0.5, 0.6) is 5.75 Å². The number of para-hydroxylation sites is 1. The second-order valence-electron chi connectivity index (χ2n) is 6.63. The fourth-order valence-corrected chi connectivity index (χ4v) is 3.01. The molecule has 4 rings (SSSR count). The number of aryl methyl sites for hydroxylation is 1. The third-order valence-electron chi connectivity index (χ3n) is 4.48. The molecule has 0 spiro atoms. The van der Waals surface area contributed by atoms with E-state index in [1.165, 1.54) is 6.20 Å². The van der Waals surface area contributed by atoms with Gasteiger partial charge in [0.2, 0.25) is 5.95 Å². The molecule has 0 saturated carbocycles. The number of hydrogen-bond acceptors (Lipinski definition) is 9. The molecule has 3 heterocycles. The second kappa shape index (κ2) is 9.08. The van der Waals surface area contributed by atoms with Crippen molar-refractivity contribution in [2.24, 2.45) is 7.05 Å². The maximum absolute atomic E-state index is 12.4. The van der Waals surface area contributed by atoms with E-state index >= 15 is 0 Å². The van der Waals surface area contributed by atoms with Crippen molar-refractivity contribution < 1.29 is 9.53 Å². The van der Waals surface area contributed by atoms with Gasteiger partial charge in [-0.3, -0.25) is 9.48 Å². The third kappa shape index (κ3) is 4.31. The van der Waals surface area contributed by atoms with Crippen LogP contribution in [0.2, 0.25) is 0 Å². The summed E-state index contributed by atoms with van der Waals surface area (Å²) in [6, 6.07) is 10.9. The van der Waals surface area contributed by atoms with Crippen molar-refractivity contribution in [1.29, 1.82) is 0 Å². The van der Waals surface area contributed by atoms with Gasteiger partial charge in [0.25, 0.3) is 5.91 Å². The normalized spacial score (nSPS) is 10.5. The zero-order valence-electron chi connectivity index (χ0n) is 17.7. The number of ether oxygens (including phenoxy) is 1. The van der Waals surface area contributed by atoms with E-state index < -0.39 is 0 Å². The molecule has 3 N–H and O–H groups in total. The van der Waals surface area contributed by atoms with Crippen LogP contribution in [0.1, 0.15) is 10.4 Å². The fraction of sp³-hybridized carbons (Fsp3) is 0.143. The minimum absolute atomic E-state index is 0.266. The highest BCUT2D eigenvalue weighted by Crippen LogP contribution is 2.36. The van der Waals surface area contributed by atoms with Crippen LogP contribution < -0.4 is 20.7 Å². The Kier molecular flexibility index (Phi) is 5.88. The van der Waals surface area contributed by atoms with Gasteiger partial charge in [0.15, 0.2) is 11.6 Å². The molecule has 162 valence electrons. The molecule has 0 bridgehead atoms. The largest absolute Gasteiger partial charge is 0.494 e. The first-order valence-corrected chi connectivity index (χ1v) is 9.66. The van der Waals surface area contributed by atoms with Crippen LogP contribution in [0.3, 0.4) is 0 Å². The van der Waals surface area contributed by atoms with Crippen molar-refractivity contribution in [2.45, 2.75) is 0 Å². The molecule has 0 atom stereocenters. The molecule has 1 aromatic carbocycles. The number of carbonyl (C=O) groups excluding carboxylic acids is 1. The molecule has 0 aliphatic heterocycles. The number of hydrogen-bond donors (Lipinski definition) is 3. The summed E-state index contributed by atoms with van der Waals surface area (Å²) >= 11 is 0. The van der Waals surface area contributed by atoms with Gasteiger partial charge in [0.05, 0.1) is 18.4 Å². The Hall–Kier alpha value is -4.54. The summed E-state index contributed by atoms with van der Waals surface area (Å²) in [7, 11) is 4.89. The van der Waals surface area contributed by atoms with Gasteiger partial charge in [-0.15, -0.1) is 0 Å².